The SMILES string of the molecule is CCN1C(N)C2=C(C(c3ccc(F)cc3)CN(C)C2)N(c2ccc(-n3cnc(Cl)c3)c(OC)c2)C1N. The Bertz CT molecular complexity index is 1280. The summed E-state index contributed by atoms with van der Waals surface area (Å²) in [5, 5.41) is 0.398. The van der Waals surface area contributed by atoms with Gasteiger partial charge in [-0.3, -0.25) is 10.6 Å². The third kappa shape index (κ3) is 4.27. The highest BCUT2D eigenvalue weighted by Crippen LogP contribution is 2.43. The first-order chi connectivity index (χ1) is 17.3. The highest BCUT2D eigenvalue weighted by molar-refractivity contribution is 6.29. The minimum Gasteiger partial charge on any atom is -0.494 e. The molecule has 3 aromatic rings. The zero-order valence-electron chi connectivity index (χ0n) is 20.6. The van der Waals surface area contributed by atoms with Gasteiger partial charge in [0, 0.05) is 49.2 Å². The van der Waals surface area contributed by atoms with Crippen molar-refractivity contribution < 1.29 is 9.13 Å². The Balaban J connectivity index is 1.67. The van der Waals surface area contributed by atoms with Gasteiger partial charge in [-0.2, -0.15) is 0 Å². The maximum Gasteiger partial charge on any atom is 0.147 e. The van der Waals surface area contributed by atoms with Crippen molar-refractivity contribution in [2.75, 3.05) is 38.7 Å². The Labute approximate surface area is 215 Å². The first-order valence-corrected chi connectivity index (χ1v) is 12.3. The van der Waals surface area contributed by atoms with Crippen LogP contribution >= 0.6 is 11.6 Å². The van der Waals surface area contributed by atoms with Gasteiger partial charge in [-0.05, 0) is 42.4 Å². The van der Waals surface area contributed by atoms with Crippen molar-refractivity contribution in [3.05, 3.63) is 82.8 Å². The number of halogens is 2. The molecule has 0 amide bonds. The highest BCUT2D eigenvalue weighted by atomic mass is 35.5. The third-order valence-corrected chi connectivity index (χ3v) is 7.28. The monoisotopic (exact) mass is 511 g/mol. The van der Waals surface area contributed by atoms with Crippen LogP contribution in [0.4, 0.5) is 10.1 Å². The quantitative estimate of drug-likeness (QED) is 0.543. The lowest BCUT2D eigenvalue weighted by atomic mass is 9.85. The van der Waals surface area contributed by atoms with Crippen molar-refractivity contribution >= 4 is 17.3 Å². The number of nitrogens with zero attached hydrogens (tertiary/aromatic N) is 5. The van der Waals surface area contributed by atoms with E-state index < -0.39 is 6.29 Å². The molecule has 3 unspecified atom stereocenters. The zero-order chi connectivity index (χ0) is 25.6. The summed E-state index contributed by atoms with van der Waals surface area (Å²) in [6.45, 7) is 4.22. The van der Waals surface area contributed by atoms with Crippen molar-refractivity contribution in [1.82, 2.24) is 19.4 Å². The molecule has 3 atom stereocenters. The van der Waals surface area contributed by atoms with Crippen LogP contribution in [-0.4, -0.2) is 65.6 Å². The molecule has 0 bridgehead atoms. The second-order valence-electron chi connectivity index (χ2n) is 9.23. The van der Waals surface area contributed by atoms with E-state index in [9.17, 15) is 4.39 Å². The van der Waals surface area contributed by atoms with Gasteiger partial charge in [-0.25, -0.2) is 9.37 Å². The van der Waals surface area contributed by atoms with Gasteiger partial charge in [0.05, 0.1) is 19.0 Å². The largest absolute Gasteiger partial charge is 0.494 e. The number of hydrogen-bond donors (Lipinski definition) is 2. The Morgan fingerprint density at radius 2 is 1.92 bits per heavy atom. The molecular weight excluding hydrogens is 481 g/mol. The molecule has 190 valence electrons. The predicted octanol–water partition coefficient (Wildman–Crippen LogP) is 3.33. The lowest BCUT2D eigenvalue weighted by molar-refractivity contribution is 0.133. The Hall–Kier alpha value is -2.95. The van der Waals surface area contributed by atoms with Crippen LogP contribution in [0.5, 0.6) is 5.75 Å². The number of rotatable bonds is 5. The van der Waals surface area contributed by atoms with E-state index in [2.05, 4.69) is 33.7 Å². The molecular formula is C26H31ClFN7O. The average molecular weight is 512 g/mol. The number of methoxy groups -OCH3 is 1. The van der Waals surface area contributed by atoms with Gasteiger partial charge in [-0.15, -0.1) is 0 Å². The summed E-state index contributed by atoms with van der Waals surface area (Å²) < 4.78 is 21.4. The molecule has 0 radical (unpaired) electrons. The van der Waals surface area contributed by atoms with Crippen LogP contribution in [0.1, 0.15) is 18.4 Å². The minimum atomic E-state index is -0.492. The summed E-state index contributed by atoms with van der Waals surface area (Å²) in [6, 6.07) is 12.6. The fraction of sp³-hybridized carbons (Fsp3) is 0.346. The molecule has 1 aromatic heterocycles. The normalized spacial score (nSPS) is 23.2. The van der Waals surface area contributed by atoms with E-state index in [4.69, 9.17) is 27.8 Å². The van der Waals surface area contributed by atoms with Crippen molar-refractivity contribution in [2.24, 2.45) is 11.5 Å². The molecule has 0 aliphatic carbocycles. The van der Waals surface area contributed by atoms with Crippen LogP contribution in [0.25, 0.3) is 5.69 Å². The Kier molecular flexibility index (Phi) is 6.76. The number of nitrogens with two attached hydrogens (primary N) is 2. The Morgan fingerprint density at radius 1 is 1.17 bits per heavy atom. The van der Waals surface area contributed by atoms with Crippen molar-refractivity contribution in [1.29, 1.82) is 0 Å². The first kappa shape index (κ1) is 24.7. The number of aromatic nitrogens is 2. The van der Waals surface area contributed by atoms with Crippen LogP contribution in [-0.2, 0) is 0 Å². The fourth-order valence-electron chi connectivity index (χ4n) is 5.38. The summed E-state index contributed by atoms with van der Waals surface area (Å²) in [6.07, 6.45) is 2.56. The van der Waals surface area contributed by atoms with Gasteiger partial charge in [0.2, 0.25) is 0 Å². The number of anilines is 1. The summed E-state index contributed by atoms with van der Waals surface area (Å²) in [5.74, 6) is 0.358. The van der Waals surface area contributed by atoms with Gasteiger partial charge in [0.1, 0.15) is 29.3 Å². The predicted molar refractivity (Wildman–Crippen MR) is 140 cm³/mol. The van der Waals surface area contributed by atoms with Gasteiger partial charge < -0.3 is 24.8 Å². The number of likely N-dealkylation sites (N-methyl/N-ethyl adjacent to an activating group) is 2. The smallest absolute Gasteiger partial charge is 0.147 e. The topological polar surface area (TPSA) is 88.8 Å². The second-order valence-corrected chi connectivity index (χ2v) is 9.62. The highest BCUT2D eigenvalue weighted by Gasteiger charge is 2.43. The fourth-order valence-corrected chi connectivity index (χ4v) is 5.52. The van der Waals surface area contributed by atoms with E-state index >= 15 is 0 Å². The molecule has 0 fully saturated rings. The zero-order valence-corrected chi connectivity index (χ0v) is 21.4. The molecule has 5 rings (SSSR count). The van der Waals surface area contributed by atoms with E-state index in [-0.39, 0.29) is 17.9 Å². The maximum absolute atomic E-state index is 13.8. The molecule has 2 aliphatic heterocycles. The number of ether oxygens (including phenoxy) is 1. The second kappa shape index (κ2) is 9.84. The summed E-state index contributed by atoms with van der Waals surface area (Å²) in [4.78, 5) is 10.6. The van der Waals surface area contributed by atoms with E-state index in [0.29, 0.717) is 17.4 Å². The summed E-state index contributed by atoms with van der Waals surface area (Å²) in [7, 11) is 3.71. The standard InChI is InChI=1S/C26H31ClFN7O/c1-4-34-25(29)20-13-32(2)12-19(16-5-7-17(28)8-6-16)24(20)35(26(34)30)18-9-10-21(22(11-18)36-3)33-14-23(27)31-15-33/h5-11,14-15,19,25-26H,4,12-13,29-30H2,1-3H3. The minimum absolute atomic E-state index is 0.0337. The third-order valence-electron chi connectivity index (χ3n) is 7.08. The lowest BCUT2D eigenvalue weighted by Gasteiger charge is -2.52. The van der Waals surface area contributed by atoms with E-state index in [1.165, 1.54) is 12.1 Å². The van der Waals surface area contributed by atoms with Gasteiger partial charge in [-0.1, -0.05) is 30.7 Å². The molecule has 0 spiro atoms. The summed E-state index contributed by atoms with van der Waals surface area (Å²) in [5.41, 5.74) is 18.5. The Morgan fingerprint density at radius 3 is 2.56 bits per heavy atom. The number of benzene rings is 2. The van der Waals surface area contributed by atoms with E-state index in [0.717, 1.165) is 41.3 Å². The van der Waals surface area contributed by atoms with Crippen LogP contribution in [0.2, 0.25) is 5.15 Å². The van der Waals surface area contributed by atoms with E-state index in [1.54, 1.807) is 19.6 Å². The maximum atomic E-state index is 13.8. The van der Waals surface area contributed by atoms with Crippen LogP contribution < -0.4 is 21.1 Å². The molecule has 2 aromatic carbocycles. The molecule has 0 saturated heterocycles. The van der Waals surface area contributed by atoms with Gasteiger partial charge in [0.25, 0.3) is 0 Å². The molecule has 3 heterocycles. The van der Waals surface area contributed by atoms with Crippen molar-refractivity contribution in [2.45, 2.75) is 25.3 Å². The molecule has 0 saturated carbocycles. The molecule has 36 heavy (non-hydrogen) atoms. The van der Waals surface area contributed by atoms with Crippen molar-refractivity contribution in [3.8, 4) is 11.4 Å². The summed E-state index contributed by atoms with van der Waals surface area (Å²) >= 11 is 6.05. The molecule has 4 N–H and O–H groups in total. The lowest BCUT2D eigenvalue weighted by Crippen LogP contribution is -2.66. The van der Waals surface area contributed by atoms with Gasteiger partial charge in [0.15, 0.2) is 0 Å². The van der Waals surface area contributed by atoms with Crippen LogP contribution in [0.15, 0.2) is 66.3 Å². The van der Waals surface area contributed by atoms with Crippen LogP contribution in [0, 0.1) is 5.82 Å². The average Bonchev–Trinajstić information content (AvgIpc) is 3.30. The molecule has 8 nitrogen and oxygen atoms in total. The number of hydrogen-bond acceptors (Lipinski definition) is 7. The van der Waals surface area contributed by atoms with Crippen LogP contribution in [0.3, 0.4) is 0 Å². The van der Waals surface area contributed by atoms with Crippen molar-refractivity contribution in [3.63, 3.8) is 0 Å². The van der Waals surface area contributed by atoms with Gasteiger partial charge >= 0.3 is 0 Å². The molecule has 10 heteroatoms. The first-order valence-electron chi connectivity index (χ1n) is 11.9. The van der Waals surface area contributed by atoms with E-state index in [1.807, 2.05) is 34.9 Å². The number of imidazole rings is 1. The molecule has 2 aliphatic rings.